The zero-order chi connectivity index (χ0) is 13.9. The van der Waals surface area contributed by atoms with Crippen molar-refractivity contribution in [3.8, 4) is 0 Å². The quantitative estimate of drug-likeness (QED) is 0.694. The van der Waals surface area contributed by atoms with Gasteiger partial charge in [-0.2, -0.15) is 0 Å². The van der Waals surface area contributed by atoms with E-state index in [4.69, 9.17) is 10.2 Å². The van der Waals surface area contributed by atoms with Gasteiger partial charge in [0.25, 0.3) is 15.9 Å². The average Bonchev–Trinajstić information content (AvgIpc) is 2.75. The third-order valence-corrected chi connectivity index (χ3v) is 3.65. The van der Waals surface area contributed by atoms with Crippen molar-refractivity contribution in [1.82, 2.24) is 9.62 Å². The minimum atomic E-state index is -3.73. The Bertz CT molecular complexity index is 561. The summed E-state index contributed by atoms with van der Waals surface area (Å²) in [6.07, 6.45) is 0. The molecule has 9 heteroatoms. The summed E-state index contributed by atoms with van der Waals surface area (Å²) in [5, 5.41) is 1.83. The van der Waals surface area contributed by atoms with E-state index in [0.29, 0.717) is 0 Å². The Morgan fingerprint density at radius 1 is 1.39 bits per heavy atom. The van der Waals surface area contributed by atoms with Crippen molar-refractivity contribution in [3.05, 3.63) is 17.9 Å². The molecule has 2 amide bonds. The van der Waals surface area contributed by atoms with Crippen LogP contribution in [0.3, 0.4) is 0 Å². The van der Waals surface area contributed by atoms with Crippen LogP contribution in [0.1, 0.15) is 10.6 Å². The largest absolute Gasteiger partial charge is 0.438 e. The van der Waals surface area contributed by atoms with Gasteiger partial charge in [0.15, 0.2) is 5.76 Å². The molecule has 0 aromatic carbocycles. The normalized spacial score (nSPS) is 11.5. The predicted octanol–water partition coefficient (Wildman–Crippen LogP) is -1.25. The number of amides is 2. The van der Waals surface area contributed by atoms with Crippen molar-refractivity contribution in [3.63, 3.8) is 0 Å². The topological polar surface area (TPSA) is 123 Å². The summed E-state index contributed by atoms with van der Waals surface area (Å²) >= 11 is 0. The molecular weight excluding hydrogens is 262 g/mol. The highest BCUT2D eigenvalue weighted by Crippen LogP contribution is 2.16. The molecule has 0 unspecified atom stereocenters. The van der Waals surface area contributed by atoms with E-state index in [1.807, 2.05) is 0 Å². The number of hydrogen-bond acceptors (Lipinski definition) is 5. The monoisotopic (exact) mass is 275 g/mol. The zero-order valence-electron chi connectivity index (χ0n) is 9.84. The van der Waals surface area contributed by atoms with Gasteiger partial charge in [-0.25, -0.2) is 12.7 Å². The van der Waals surface area contributed by atoms with Crippen LogP contribution in [0, 0.1) is 0 Å². The summed E-state index contributed by atoms with van der Waals surface area (Å²) in [5.41, 5.74) is 4.85. The van der Waals surface area contributed by atoms with Crippen LogP contribution in [0.4, 0.5) is 0 Å². The number of carbonyl (C=O) groups excluding carboxylic acids is 2. The second-order valence-corrected chi connectivity index (χ2v) is 5.64. The summed E-state index contributed by atoms with van der Waals surface area (Å²) in [6.45, 7) is -0.352. The molecule has 100 valence electrons. The van der Waals surface area contributed by atoms with E-state index in [1.165, 1.54) is 20.2 Å². The maximum atomic E-state index is 11.7. The molecule has 0 fully saturated rings. The van der Waals surface area contributed by atoms with E-state index in [2.05, 4.69) is 5.32 Å². The second kappa shape index (κ2) is 5.19. The fourth-order valence-corrected chi connectivity index (χ4v) is 1.81. The van der Waals surface area contributed by atoms with Crippen LogP contribution in [-0.2, 0) is 14.8 Å². The van der Waals surface area contributed by atoms with Crippen molar-refractivity contribution < 1.29 is 22.4 Å². The van der Waals surface area contributed by atoms with Crippen LogP contribution in [0.2, 0.25) is 0 Å². The number of nitrogens with one attached hydrogen (secondary N) is 1. The number of primary amides is 1. The lowest BCUT2D eigenvalue weighted by molar-refractivity contribution is -0.117. The van der Waals surface area contributed by atoms with Crippen LogP contribution >= 0.6 is 0 Å². The number of furan rings is 1. The number of nitrogens with two attached hydrogens (primary N) is 1. The molecule has 3 N–H and O–H groups in total. The standard InChI is InChI=1S/C9H13N3O5S/c1-12(2)18(15,16)8-4-3-6(17-8)9(14)11-5-7(10)13/h3-4H,5H2,1-2H3,(H2,10,13)(H,11,14). The van der Waals surface area contributed by atoms with E-state index in [9.17, 15) is 18.0 Å². The average molecular weight is 275 g/mol. The minimum absolute atomic E-state index is 0.211. The predicted molar refractivity (Wildman–Crippen MR) is 61.1 cm³/mol. The van der Waals surface area contributed by atoms with Crippen LogP contribution in [-0.4, -0.2) is 45.2 Å². The molecule has 0 saturated carbocycles. The van der Waals surface area contributed by atoms with Crippen LogP contribution in [0.25, 0.3) is 0 Å². The van der Waals surface area contributed by atoms with E-state index in [1.54, 1.807) is 0 Å². The third-order valence-electron chi connectivity index (χ3n) is 1.96. The van der Waals surface area contributed by atoms with Gasteiger partial charge in [-0.1, -0.05) is 0 Å². The molecule has 0 aliphatic carbocycles. The molecule has 18 heavy (non-hydrogen) atoms. The first kappa shape index (κ1) is 14.2. The fraction of sp³-hybridized carbons (Fsp3) is 0.333. The summed E-state index contributed by atoms with van der Waals surface area (Å²) in [6, 6.07) is 2.36. The van der Waals surface area contributed by atoms with Gasteiger partial charge in [0, 0.05) is 14.1 Å². The highest BCUT2D eigenvalue weighted by atomic mass is 32.2. The first-order valence-electron chi connectivity index (χ1n) is 4.84. The van der Waals surface area contributed by atoms with Gasteiger partial charge in [0.1, 0.15) is 0 Å². The molecule has 0 radical (unpaired) electrons. The van der Waals surface area contributed by atoms with Gasteiger partial charge >= 0.3 is 0 Å². The van der Waals surface area contributed by atoms with E-state index in [-0.39, 0.29) is 17.4 Å². The molecule has 0 atom stereocenters. The van der Waals surface area contributed by atoms with E-state index < -0.39 is 21.8 Å². The molecule has 0 aliphatic heterocycles. The Morgan fingerprint density at radius 2 is 2.00 bits per heavy atom. The molecular formula is C9H13N3O5S. The first-order chi connectivity index (χ1) is 8.25. The van der Waals surface area contributed by atoms with Gasteiger partial charge in [-0.3, -0.25) is 9.59 Å². The number of rotatable bonds is 5. The highest BCUT2D eigenvalue weighted by molar-refractivity contribution is 7.88. The second-order valence-electron chi connectivity index (χ2n) is 3.56. The molecule has 0 aliphatic rings. The summed E-state index contributed by atoms with van der Waals surface area (Å²) in [7, 11) is -1.05. The Balaban J connectivity index is 2.87. The van der Waals surface area contributed by atoms with Gasteiger partial charge in [-0.05, 0) is 12.1 Å². The van der Waals surface area contributed by atoms with E-state index in [0.717, 1.165) is 10.4 Å². The number of carbonyl (C=O) groups is 2. The summed E-state index contributed by atoms with van der Waals surface area (Å²) in [5.74, 6) is -1.64. The van der Waals surface area contributed by atoms with Crippen LogP contribution in [0.15, 0.2) is 21.6 Å². The Morgan fingerprint density at radius 3 is 2.50 bits per heavy atom. The summed E-state index contributed by atoms with van der Waals surface area (Å²) in [4.78, 5) is 21.9. The molecule has 1 aromatic rings. The molecule has 1 heterocycles. The lowest BCUT2D eigenvalue weighted by atomic mass is 10.4. The Kier molecular flexibility index (Phi) is 4.09. The molecule has 0 bridgehead atoms. The minimum Gasteiger partial charge on any atom is -0.438 e. The van der Waals surface area contributed by atoms with Crippen molar-refractivity contribution in [1.29, 1.82) is 0 Å². The number of sulfonamides is 1. The third kappa shape index (κ3) is 3.08. The van der Waals surface area contributed by atoms with Crippen LogP contribution < -0.4 is 11.1 Å². The molecule has 8 nitrogen and oxygen atoms in total. The molecule has 1 rings (SSSR count). The lowest BCUT2D eigenvalue weighted by Crippen LogP contribution is -2.33. The number of nitrogens with zero attached hydrogens (tertiary/aromatic N) is 1. The Hall–Kier alpha value is -1.87. The van der Waals surface area contributed by atoms with Gasteiger partial charge in [0.05, 0.1) is 6.54 Å². The fourth-order valence-electron chi connectivity index (χ4n) is 1.02. The van der Waals surface area contributed by atoms with Gasteiger partial charge in [-0.15, -0.1) is 0 Å². The van der Waals surface area contributed by atoms with Crippen molar-refractivity contribution >= 4 is 21.8 Å². The summed E-state index contributed by atoms with van der Waals surface area (Å²) < 4.78 is 29.2. The molecule has 0 spiro atoms. The first-order valence-corrected chi connectivity index (χ1v) is 6.28. The van der Waals surface area contributed by atoms with Gasteiger partial charge in [0.2, 0.25) is 11.0 Å². The highest BCUT2D eigenvalue weighted by Gasteiger charge is 2.23. The SMILES string of the molecule is CN(C)S(=O)(=O)c1ccc(C(=O)NCC(N)=O)o1. The van der Waals surface area contributed by atoms with Crippen LogP contribution in [0.5, 0.6) is 0 Å². The Labute approximate surface area is 104 Å². The lowest BCUT2D eigenvalue weighted by Gasteiger charge is -2.07. The van der Waals surface area contributed by atoms with Crippen molar-refractivity contribution in [2.45, 2.75) is 5.09 Å². The molecule has 0 saturated heterocycles. The number of hydrogen-bond donors (Lipinski definition) is 2. The zero-order valence-corrected chi connectivity index (χ0v) is 10.7. The molecule has 1 aromatic heterocycles. The van der Waals surface area contributed by atoms with Crippen molar-refractivity contribution in [2.24, 2.45) is 5.73 Å². The smallest absolute Gasteiger partial charge is 0.287 e. The van der Waals surface area contributed by atoms with Crippen molar-refractivity contribution in [2.75, 3.05) is 20.6 Å². The maximum Gasteiger partial charge on any atom is 0.287 e. The maximum absolute atomic E-state index is 11.7. The van der Waals surface area contributed by atoms with Gasteiger partial charge < -0.3 is 15.5 Å². The van der Waals surface area contributed by atoms with E-state index >= 15 is 0 Å².